The van der Waals surface area contributed by atoms with Gasteiger partial charge in [-0.3, -0.25) is 9.10 Å². The van der Waals surface area contributed by atoms with Crippen LogP contribution in [-0.4, -0.2) is 26.6 Å². The summed E-state index contributed by atoms with van der Waals surface area (Å²) in [5.41, 5.74) is 2.53. The van der Waals surface area contributed by atoms with Gasteiger partial charge in [0.05, 0.1) is 11.4 Å². The van der Waals surface area contributed by atoms with Crippen LogP contribution in [0.15, 0.2) is 42.5 Å². The van der Waals surface area contributed by atoms with E-state index in [1.165, 1.54) is 28.6 Å². The number of rotatable bonds is 5. The number of aryl methyl sites for hydroxylation is 1. The number of carbonyl (C=O) groups excluding carboxylic acids is 1. The molecule has 0 bridgehead atoms. The Morgan fingerprint density at radius 3 is 2.62 bits per heavy atom. The first kappa shape index (κ1) is 18.4. The van der Waals surface area contributed by atoms with Gasteiger partial charge in [0, 0.05) is 17.8 Å². The van der Waals surface area contributed by atoms with Crippen LogP contribution >= 0.6 is 0 Å². The van der Waals surface area contributed by atoms with E-state index in [1.807, 2.05) is 13.0 Å². The second kappa shape index (κ2) is 7.45. The van der Waals surface area contributed by atoms with E-state index >= 15 is 0 Å². The standard InChI is InChI=1S/C19H21FN2O3S/c1-2-12-26(24,25)22-11-3-4-15-13-17(9-10-18(15)22)21-19(23)14-5-7-16(20)8-6-14/h5-10,13H,2-4,11-12H2,1H3,(H,21,23). The Morgan fingerprint density at radius 1 is 1.19 bits per heavy atom. The summed E-state index contributed by atoms with van der Waals surface area (Å²) in [5, 5.41) is 2.78. The van der Waals surface area contributed by atoms with Crippen molar-refractivity contribution in [2.75, 3.05) is 21.9 Å². The van der Waals surface area contributed by atoms with Crippen LogP contribution in [0.3, 0.4) is 0 Å². The molecule has 138 valence electrons. The lowest BCUT2D eigenvalue weighted by Gasteiger charge is -2.30. The summed E-state index contributed by atoms with van der Waals surface area (Å²) in [6, 6.07) is 10.5. The number of benzene rings is 2. The molecule has 0 fully saturated rings. The molecule has 1 N–H and O–H groups in total. The van der Waals surface area contributed by atoms with E-state index in [0.717, 1.165) is 18.4 Å². The predicted octanol–water partition coefficient (Wildman–Crippen LogP) is 3.57. The number of fused-ring (bicyclic) bond motifs is 1. The maximum atomic E-state index is 13.0. The molecule has 1 aliphatic heterocycles. The van der Waals surface area contributed by atoms with Gasteiger partial charge < -0.3 is 5.32 Å². The minimum Gasteiger partial charge on any atom is -0.322 e. The zero-order valence-electron chi connectivity index (χ0n) is 14.5. The molecule has 2 aromatic carbocycles. The summed E-state index contributed by atoms with van der Waals surface area (Å²) in [6.45, 7) is 2.33. The quantitative estimate of drug-likeness (QED) is 0.867. The van der Waals surface area contributed by atoms with Crippen molar-refractivity contribution in [1.29, 1.82) is 0 Å². The van der Waals surface area contributed by atoms with E-state index in [4.69, 9.17) is 0 Å². The second-order valence-electron chi connectivity index (χ2n) is 6.30. The van der Waals surface area contributed by atoms with Crippen molar-refractivity contribution in [3.63, 3.8) is 0 Å². The number of nitrogens with one attached hydrogen (secondary N) is 1. The first-order valence-corrected chi connectivity index (χ1v) is 10.2. The van der Waals surface area contributed by atoms with Crippen LogP contribution in [0, 0.1) is 5.82 Å². The maximum Gasteiger partial charge on any atom is 0.255 e. The lowest BCUT2D eigenvalue weighted by molar-refractivity contribution is 0.102. The summed E-state index contributed by atoms with van der Waals surface area (Å²) >= 11 is 0. The van der Waals surface area contributed by atoms with Crippen LogP contribution < -0.4 is 9.62 Å². The highest BCUT2D eigenvalue weighted by molar-refractivity contribution is 7.92. The first-order valence-electron chi connectivity index (χ1n) is 8.61. The molecule has 1 heterocycles. The Balaban J connectivity index is 1.82. The molecule has 0 radical (unpaired) electrons. The van der Waals surface area contributed by atoms with Gasteiger partial charge in [0.15, 0.2) is 0 Å². The third kappa shape index (κ3) is 3.88. The molecule has 7 heteroatoms. The van der Waals surface area contributed by atoms with Gasteiger partial charge in [-0.1, -0.05) is 6.92 Å². The van der Waals surface area contributed by atoms with Crippen molar-refractivity contribution in [3.8, 4) is 0 Å². The maximum absolute atomic E-state index is 13.0. The van der Waals surface area contributed by atoms with Gasteiger partial charge in [-0.15, -0.1) is 0 Å². The predicted molar refractivity (Wildman–Crippen MR) is 101 cm³/mol. The third-order valence-corrected chi connectivity index (χ3v) is 6.29. The molecule has 0 spiro atoms. The molecule has 0 unspecified atom stereocenters. The molecule has 26 heavy (non-hydrogen) atoms. The number of amides is 1. The van der Waals surface area contributed by atoms with Crippen LogP contribution in [0.4, 0.5) is 15.8 Å². The molecular weight excluding hydrogens is 355 g/mol. The second-order valence-corrected chi connectivity index (χ2v) is 8.31. The number of halogens is 1. The van der Waals surface area contributed by atoms with Gasteiger partial charge in [0.2, 0.25) is 10.0 Å². The molecule has 2 aromatic rings. The van der Waals surface area contributed by atoms with Crippen molar-refractivity contribution >= 4 is 27.3 Å². The fourth-order valence-electron chi connectivity index (χ4n) is 3.10. The van der Waals surface area contributed by atoms with Crippen molar-refractivity contribution in [2.45, 2.75) is 26.2 Å². The molecule has 0 saturated heterocycles. The van der Waals surface area contributed by atoms with Gasteiger partial charge in [0.1, 0.15) is 5.82 Å². The number of nitrogens with zero attached hydrogens (tertiary/aromatic N) is 1. The van der Waals surface area contributed by atoms with Crippen molar-refractivity contribution in [2.24, 2.45) is 0 Å². The van der Waals surface area contributed by atoms with Crippen LogP contribution in [0.5, 0.6) is 0 Å². The average Bonchev–Trinajstić information content (AvgIpc) is 2.61. The van der Waals surface area contributed by atoms with E-state index in [2.05, 4.69) is 5.32 Å². The Morgan fingerprint density at radius 2 is 1.92 bits per heavy atom. The molecule has 0 atom stereocenters. The highest BCUT2D eigenvalue weighted by Gasteiger charge is 2.26. The van der Waals surface area contributed by atoms with Gasteiger partial charge in [0.25, 0.3) is 5.91 Å². The third-order valence-electron chi connectivity index (χ3n) is 4.32. The highest BCUT2D eigenvalue weighted by Crippen LogP contribution is 2.32. The molecule has 5 nitrogen and oxygen atoms in total. The SMILES string of the molecule is CCCS(=O)(=O)N1CCCc2cc(NC(=O)c3ccc(F)cc3)ccc21. The number of hydrogen-bond acceptors (Lipinski definition) is 3. The zero-order chi connectivity index (χ0) is 18.7. The minimum atomic E-state index is -3.32. The van der Waals surface area contributed by atoms with E-state index in [-0.39, 0.29) is 11.7 Å². The molecule has 0 aromatic heterocycles. The zero-order valence-corrected chi connectivity index (χ0v) is 15.4. The van der Waals surface area contributed by atoms with E-state index < -0.39 is 15.8 Å². The first-order chi connectivity index (χ1) is 12.4. The molecule has 0 aliphatic carbocycles. The number of hydrogen-bond donors (Lipinski definition) is 1. The summed E-state index contributed by atoms with van der Waals surface area (Å²) in [6.07, 6.45) is 2.07. The molecule has 3 rings (SSSR count). The van der Waals surface area contributed by atoms with Crippen molar-refractivity contribution in [1.82, 2.24) is 0 Å². The Bertz CT molecular complexity index is 911. The van der Waals surface area contributed by atoms with Crippen molar-refractivity contribution in [3.05, 3.63) is 59.4 Å². The lowest BCUT2D eigenvalue weighted by Crippen LogP contribution is -2.37. The van der Waals surface area contributed by atoms with Crippen molar-refractivity contribution < 1.29 is 17.6 Å². The fourth-order valence-corrected chi connectivity index (χ4v) is 4.72. The summed E-state index contributed by atoms with van der Waals surface area (Å²) < 4.78 is 39.3. The Kier molecular flexibility index (Phi) is 5.27. The monoisotopic (exact) mass is 376 g/mol. The van der Waals surface area contributed by atoms with E-state index in [1.54, 1.807) is 12.1 Å². The van der Waals surface area contributed by atoms with Gasteiger partial charge in [-0.2, -0.15) is 0 Å². The molecular formula is C19H21FN2O3S. The summed E-state index contributed by atoms with van der Waals surface area (Å²) in [4.78, 5) is 12.3. The lowest BCUT2D eigenvalue weighted by atomic mass is 10.0. The number of sulfonamides is 1. The van der Waals surface area contributed by atoms with Gasteiger partial charge in [-0.25, -0.2) is 12.8 Å². The average molecular weight is 376 g/mol. The van der Waals surface area contributed by atoms with Gasteiger partial charge >= 0.3 is 0 Å². The number of anilines is 2. The fraction of sp³-hybridized carbons (Fsp3) is 0.316. The summed E-state index contributed by atoms with van der Waals surface area (Å²) in [5.74, 6) is -0.616. The normalized spacial score (nSPS) is 14.0. The topological polar surface area (TPSA) is 66.5 Å². The van der Waals surface area contributed by atoms with Crippen LogP contribution in [0.25, 0.3) is 0 Å². The van der Waals surface area contributed by atoms with E-state index in [9.17, 15) is 17.6 Å². The van der Waals surface area contributed by atoms with Crippen LogP contribution in [0.2, 0.25) is 0 Å². The molecule has 0 saturated carbocycles. The van der Waals surface area contributed by atoms with Crippen LogP contribution in [-0.2, 0) is 16.4 Å². The van der Waals surface area contributed by atoms with Gasteiger partial charge in [-0.05, 0) is 67.3 Å². The largest absolute Gasteiger partial charge is 0.322 e. The van der Waals surface area contributed by atoms with E-state index in [0.29, 0.717) is 29.9 Å². The van der Waals surface area contributed by atoms with Crippen LogP contribution in [0.1, 0.15) is 35.7 Å². The summed E-state index contributed by atoms with van der Waals surface area (Å²) in [7, 11) is -3.32. The Labute approximate surface area is 152 Å². The number of carbonyl (C=O) groups is 1. The molecule has 1 aliphatic rings. The Hall–Kier alpha value is -2.41. The smallest absolute Gasteiger partial charge is 0.255 e. The minimum absolute atomic E-state index is 0.121. The molecule has 1 amide bonds. The highest BCUT2D eigenvalue weighted by atomic mass is 32.2.